The molecule has 1 aliphatic heterocycles. The Labute approximate surface area is 80.6 Å². The highest BCUT2D eigenvalue weighted by Crippen LogP contribution is 2.18. The first-order valence-corrected chi connectivity index (χ1v) is 5.06. The van der Waals surface area contributed by atoms with Crippen molar-refractivity contribution in [2.24, 2.45) is 0 Å². The van der Waals surface area contributed by atoms with Crippen molar-refractivity contribution in [3.63, 3.8) is 0 Å². The average Bonchev–Trinajstić information content (AvgIpc) is 2.04. The van der Waals surface area contributed by atoms with Crippen molar-refractivity contribution >= 4 is 0 Å². The number of hydrogen-bond acceptors (Lipinski definition) is 2. The summed E-state index contributed by atoms with van der Waals surface area (Å²) in [7, 11) is 0. The minimum Gasteiger partial charge on any atom is -0.390 e. The summed E-state index contributed by atoms with van der Waals surface area (Å²) in [4.78, 5) is 0. The molecule has 76 valence electrons. The van der Waals surface area contributed by atoms with E-state index in [1.165, 1.54) is 5.57 Å². The van der Waals surface area contributed by atoms with Crippen LogP contribution in [0.4, 0.5) is 0 Å². The van der Waals surface area contributed by atoms with Gasteiger partial charge < -0.3 is 9.84 Å². The van der Waals surface area contributed by atoms with Gasteiger partial charge in [0.25, 0.3) is 0 Å². The molecule has 0 bridgehead atoms. The summed E-state index contributed by atoms with van der Waals surface area (Å²) in [5.41, 5.74) is 0.988. The van der Waals surface area contributed by atoms with E-state index in [1.54, 1.807) is 0 Å². The quantitative estimate of drug-likeness (QED) is 0.679. The minimum atomic E-state index is -0.508. The van der Waals surface area contributed by atoms with E-state index in [2.05, 4.69) is 6.08 Å². The topological polar surface area (TPSA) is 29.5 Å². The molecule has 0 aromatic heterocycles. The van der Waals surface area contributed by atoms with Crippen molar-refractivity contribution in [2.75, 3.05) is 13.2 Å². The number of rotatable bonds is 4. The van der Waals surface area contributed by atoms with Crippen LogP contribution in [0.15, 0.2) is 11.6 Å². The highest BCUT2D eigenvalue weighted by Gasteiger charge is 2.12. The van der Waals surface area contributed by atoms with Gasteiger partial charge in [-0.3, -0.25) is 0 Å². The Morgan fingerprint density at radius 2 is 2.31 bits per heavy atom. The van der Waals surface area contributed by atoms with Crippen molar-refractivity contribution in [1.82, 2.24) is 0 Å². The van der Waals surface area contributed by atoms with E-state index in [0.717, 1.165) is 38.9 Å². The highest BCUT2D eigenvalue weighted by atomic mass is 16.5. The summed E-state index contributed by atoms with van der Waals surface area (Å²) >= 11 is 0. The van der Waals surface area contributed by atoms with Crippen LogP contribution in [0.25, 0.3) is 0 Å². The third-order valence-electron chi connectivity index (χ3n) is 2.34. The molecule has 0 aromatic carbocycles. The van der Waals surface area contributed by atoms with Gasteiger partial charge in [0, 0.05) is 0 Å². The molecule has 0 saturated carbocycles. The van der Waals surface area contributed by atoms with Crippen LogP contribution in [-0.2, 0) is 4.74 Å². The van der Waals surface area contributed by atoms with Crippen LogP contribution >= 0.6 is 0 Å². The van der Waals surface area contributed by atoms with Gasteiger partial charge in [-0.1, -0.05) is 11.6 Å². The van der Waals surface area contributed by atoms with E-state index in [0.29, 0.717) is 0 Å². The molecule has 0 amide bonds. The predicted octanol–water partition coefficient (Wildman–Crippen LogP) is 2.27. The van der Waals surface area contributed by atoms with Crippen molar-refractivity contribution in [2.45, 2.75) is 45.1 Å². The van der Waals surface area contributed by atoms with Crippen LogP contribution in [0.5, 0.6) is 0 Å². The van der Waals surface area contributed by atoms with Crippen molar-refractivity contribution < 1.29 is 9.84 Å². The van der Waals surface area contributed by atoms with Crippen LogP contribution in [0, 0.1) is 0 Å². The van der Waals surface area contributed by atoms with Gasteiger partial charge in [-0.25, -0.2) is 0 Å². The van der Waals surface area contributed by atoms with Gasteiger partial charge in [0.1, 0.15) is 0 Å². The Hall–Kier alpha value is -0.340. The summed E-state index contributed by atoms with van der Waals surface area (Å²) in [6.07, 6.45) is 6.33. The Bertz CT molecular complexity index is 177. The lowest BCUT2D eigenvalue weighted by Gasteiger charge is -2.18. The zero-order valence-electron chi connectivity index (χ0n) is 8.68. The molecule has 1 aliphatic rings. The fraction of sp³-hybridized carbons (Fsp3) is 0.818. The Kier molecular flexibility index (Phi) is 3.94. The van der Waals surface area contributed by atoms with E-state index in [1.807, 2.05) is 13.8 Å². The molecule has 13 heavy (non-hydrogen) atoms. The summed E-state index contributed by atoms with van der Waals surface area (Å²) < 4.78 is 5.22. The van der Waals surface area contributed by atoms with Gasteiger partial charge >= 0.3 is 0 Å². The summed E-state index contributed by atoms with van der Waals surface area (Å²) in [5.74, 6) is 0. The standard InChI is InChI=1S/C11H20O2/c1-11(2,12)7-3-4-10-5-8-13-9-6-10/h5,12H,3-4,6-9H2,1-2H3. The Morgan fingerprint density at radius 3 is 2.85 bits per heavy atom. The minimum absolute atomic E-state index is 0.508. The molecule has 0 saturated heterocycles. The predicted molar refractivity (Wildman–Crippen MR) is 53.7 cm³/mol. The molecule has 0 aliphatic carbocycles. The fourth-order valence-corrected chi connectivity index (χ4v) is 1.54. The smallest absolute Gasteiger partial charge is 0.0650 e. The van der Waals surface area contributed by atoms with Crippen LogP contribution < -0.4 is 0 Å². The molecule has 2 heteroatoms. The van der Waals surface area contributed by atoms with E-state index in [4.69, 9.17) is 4.74 Å². The second kappa shape index (κ2) is 4.77. The van der Waals surface area contributed by atoms with Crippen molar-refractivity contribution in [1.29, 1.82) is 0 Å². The highest BCUT2D eigenvalue weighted by molar-refractivity contribution is 5.04. The summed E-state index contributed by atoms with van der Waals surface area (Å²) in [6, 6.07) is 0. The van der Waals surface area contributed by atoms with Crippen molar-refractivity contribution in [3.8, 4) is 0 Å². The fourth-order valence-electron chi connectivity index (χ4n) is 1.54. The number of hydrogen-bond donors (Lipinski definition) is 1. The third kappa shape index (κ3) is 5.06. The first-order valence-electron chi connectivity index (χ1n) is 5.06. The average molecular weight is 184 g/mol. The zero-order valence-corrected chi connectivity index (χ0v) is 8.68. The molecule has 1 heterocycles. The summed E-state index contributed by atoms with van der Waals surface area (Å²) in [5, 5.41) is 9.50. The monoisotopic (exact) mass is 184 g/mol. The van der Waals surface area contributed by atoms with E-state index in [9.17, 15) is 5.11 Å². The molecule has 1 rings (SSSR count). The van der Waals surface area contributed by atoms with Crippen LogP contribution in [0.1, 0.15) is 39.5 Å². The van der Waals surface area contributed by atoms with Crippen molar-refractivity contribution in [3.05, 3.63) is 11.6 Å². The van der Waals surface area contributed by atoms with Gasteiger partial charge in [-0.05, 0) is 39.5 Å². The lowest BCUT2D eigenvalue weighted by Crippen LogP contribution is -2.18. The lowest BCUT2D eigenvalue weighted by atomic mass is 9.97. The van der Waals surface area contributed by atoms with Gasteiger partial charge in [0.2, 0.25) is 0 Å². The maximum atomic E-state index is 9.50. The molecule has 0 spiro atoms. The van der Waals surface area contributed by atoms with Gasteiger partial charge in [-0.15, -0.1) is 0 Å². The molecular formula is C11H20O2. The molecule has 0 unspecified atom stereocenters. The second-order valence-corrected chi connectivity index (χ2v) is 4.35. The van der Waals surface area contributed by atoms with Crippen LogP contribution in [-0.4, -0.2) is 23.9 Å². The number of aliphatic hydroxyl groups is 1. The normalized spacial score (nSPS) is 18.5. The van der Waals surface area contributed by atoms with E-state index in [-0.39, 0.29) is 0 Å². The van der Waals surface area contributed by atoms with Gasteiger partial charge in [-0.2, -0.15) is 0 Å². The zero-order chi connectivity index (χ0) is 9.73. The maximum absolute atomic E-state index is 9.50. The van der Waals surface area contributed by atoms with E-state index >= 15 is 0 Å². The molecule has 0 aromatic rings. The van der Waals surface area contributed by atoms with Crippen LogP contribution in [0.3, 0.4) is 0 Å². The molecule has 0 fully saturated rings. The molecular weight excluding hydrogens is 164 g/mol. The molecule has 1 N–H and O–H groups in total. The first-order chi connectivity index (χ1) is 6.08. The Balaban J connectivity index is 2.15. The first kappa shape index (κ1) is 10.7. The molecule has 2 nitrogen and oxygen atoms in total. The number of ether oxygens (including phenoxy) is 1. The summed E-state index contributed by atoms with van der Waals surface area (Å²) in [6.45, 7) is 5.38. The Morgan fingerprint density at radius 1 is 1.54 bits per heavy atom. The lowest BCUT2D eigenvalue weighted by molar-refractivity contribution is 0.0686. The SMILES string of the molecule is CC(C)(O)CCCC1=CCOCC1. The largest absolute Gasteiger partial charge is 0.390 e. The second-order valence-electron chi connectivity index (χ2n) is 4.35. The molecule has 0 radical (unpaired) electrons. The third-order valence-corrected chi connectivity index (χ3v) is 2.34. The molecule has 0 atom stereocenters. The van der Waals surface area contributed by atoms with Crippen LogP contribution in [0.2, 0.25) is 0 Å². The van der Waals surface area contributed by atoms with Gasteiger partial charge in [0.15, 0.2) is 0 Å². The maximum Gasteiger partial charge on any atom is 0.0650 e. The van der Waals surface area contributed by atoms with Gasteiger partial charge in [0.05, 0.1) is 18.8 Å². The van der Waals surface area contributed by atoms with E-state index < -0.39 is 5.60 Å².